The second-order valence-electron chi connectivity index (χ2n) is 2.63. The van der Waals surface area contributed by atoms with Gasteiger partial charge in [0.25, 0.3) is 0 Å². The first-order chi connectivity index (χ1) is 5.74. The molecule has 0 radical (unpaired) electrons. The fourth-order valence-corrected chi connectivity index (χ4v) is 1.43. The van der Waals surface area contributed by atoms with Crippen LogP contribution in [0.5, 0.6) is 0 Å². The quantitative estimate of drug-likeness (QED) is 0.896. The lowest BCUT2D eigenvalue weighted by Crippen LogP contribution is -2.17. The third kappa shape index (κ3) is 4.07. The summed E-state index contributed by atoms with van der Waals surface area (Å²) >= 11 is 3.35. The normalized spacial score (nSPS) is 11.9. The third-order valence-corrected chi connectivity index (χ3v) is 2.43. The second kappa shape index (κ2) is 6.35. The molecule has 0 bridgehead atoms. The van der Waals surface area contributed by atoms with Crippen molar-refractivity contribution in [1.82, 2.24) is 0 Å². The fourth-order valence-electron chi connectivity index (χ4n) is 0.986. The maximum absolute atomic E-state index is 12.9. The SMILES string of the molecule is Cl.NCC(F)Cc1ccccc1Br. The topological polar surface area (TPSA) is 26.0 Å². The number of hydrogen-bond acceptors (Lipinski definition) is 1. The van der Waals surface area contributed by atoms with E-state index in [9.17, 15) is 4.39 Å². The molecule has 74 valence electrons. The first kappa shape index (κ1) is 12.9. The van der Waals surface area contributed by atoms with Gasteiger partial charge in [0.1, 0.15) is 6.17 Å². The summed E-state index contributed by atoms with van der Waals surface area (Å²) in [6.07, 6.45) is -0.554. The van der Waals surface area contributed by atoms with E-state index in [4.69, 9.17) is 5.73 Å². The molecule has 2 N–H and O–H groups in total. The summed E-state index contributed by atoms with van der Waals surface area (Å²) in [6, 6.07) is 7.59. The van der Waals surface area contributed by atoms with Gasteiger partial charge in [-0.2, -0.15) is 0 Å². The highest BCUT2D eigenvalue weighted by Crippen LogP contribution is 2.17. The Morgan fingerprint density at radius 2 is 2.00 bits per heavy atom. The fraction of sp³-hybridized carbons (Fsp3) is 0.333. The van der Waals surface area contributed by atoms with Gasteiger partial charge in [-0.3, -0.25) is 0 Å². The molecule has 1 aromatic carbocycles. The minimum Gasteiger partial charge on any atom is -0.328 e. The lowest BCUT2D eigenvalue weighted by Gasteiger charge is -2.06. The lowest BCUT2D eigenvalue weighted by molar-refractivity contribution is 0.340. The van der Waals surface area contributed by atoms with Crippen LogP contribution in [0.3, 0.4) is 0 Å². The Labute approximate surface area is 92.1 Å². The van der Waals surface area contributed by atoms with E-state index in [-0.39, 0.29) is 19.0 Å². The summed E-state index contributed by atoms with van der Waals surface area (Å²) in [6.45, 7) is 0.0847. The smallest absolute Gasteiger partial charge is 0.116 e. The number of benzene rings is 1. The molecule has 0 aliphatic heterocycles. The molecule has 1 aromatic rings. The van der Waals surface area contributed by atoms with Gasteiger partial charge in [0.15, 0.2) is 0 Å². The van der Waals surface area contributed by atoms with E-state index in [1.54, 1.807) is 0 Å². The molecule has 13 heavy (non-hydrogen) atoms. The van der Waals surface area contributed by atoms with Crippen molar-refractivity contribution in [2.24, 2.45) is 5.73 Å². The molecule has 0 heterocycles. The maximum atomic E-state index is 12.9. The van der Waals surface area contributed by atoms with Gasteiger partial charge in [-0.1, -0.05) is 34.1 Å². The minimum atomic E-state index is -0.941. The third-order valence-electron chi connectivity index (χ3n) is 1.65. The van der Waals surface area contributed by atoms with E-state index in [0.29, 0.717) is 6.42 Å². The highest BCUT2D eigenvalue weighted by molar-refractivity contribution is 9.10. The van der Waals surface area contributed by atoms with Crippen LogP contribution in [0.25, 0.3) is 0 Å². The lowest BCUT2D eigenvalue weighted by atomic mass is 10.1. The number of alkyl halides is 1. The molecule has 0 aliphatic rings. The zero-order valence-corrected chi connectivity index (χ0v) is 9.44. The van der Waals surface area contributed by atoms with Crippen molar-refractivity contribution in [3.8, 4) is 0 Å². The molecule has 0 saturated carbocycles. The van der Waals surface area contributed by atoms with Crippen LogP contribution < -0.4 is 5.73 Å². The molecule has 0 amide bonds. The van der Waals surface area contributed by atoms with E-state index in [2.05, 4.69) is 15.9 Å². The average molecular weight is 269 g/mol. The molecule has 0 saturated heterocycles. The first-order valence-corrected chi connectivity index (χ1v) is 4.61. The zero-order chi connectivity index (χ0) is 8.97. The minimum absolute atomic E-state index is 0. The van der Waals surface area contributed by atoms with Crippen molar-refractivity contribution in [2.75, 3.05) is 6.54 Å². The predicted octanol–water partition coefficient (Wildman–Crippen LogP) is 2.71. The maximum Gasteiger partial charge on any atom is 0.116 e. The number of nitrogens with two attached hydrogens (primary N) is 1. The van der Waals surface area contributed by atoms with Gasteiger partial charge in [-0.15, -0.1) is 12.4 Å². The molecule has 0 spiro atoms. The number of rotatable bonds is 3. The van der Waals surface area contributed by atoms with Crippen LogP contribution >= 0.6 is 28.3 Å². The monoisotopic (exact) mass is 267 g/mol. The van der Waals surface area contributed by atoms with Gasteiger partial charge in [0.05, 0.1) is 0 Å². The van der Waals surface area contributed by atoms with E-state index < -0.39 is 6.17 Å². The molecule has 1 nitrogen and oxygen atoms in total. The molecule has 1 atom stereocenters. The van der Waals surface area contributed by atoms with Crippen molar-refractivity contribution < 1.29 is 4.39 Å². The van der Waals surface area contributed by atoms with Crippen LogP contribution in [0.2, 0.25) is 0 Å². The summed E-state index contributed by atoms with van der Waals surface area (Å²) in [5, 5.41) is 0. The average Bonchev–Trinajstić information content (AvgIpc) is 2.09. The van der Waals surface area contributed by atoms with Gasteiger partial charge in [-0.25, -0.2) is 4.39 Å². The van der Waals surface area contributed by atoms with E-state index in [1.165, 1.54) is 0 Å². The molecular weight excluding hydrogens is 256 g/mol. The summed E-state index contributed by atoms with van der Waals surface area (Å²) in [5.74, 6) is 0. The standard InChI is InChI=1S/C9H11BrFN.ClH/c10-9-4-2-1-3-7(9)5-8(11)6-12;/h1-4,8H,5-6,12H2;1H. The Morgan fingerprint density at radius 3 is 2.54 bits per heavy atom. The van der Waals surface area contributed by atoms with Crippen LogP contribution in [0.1, 0.15) is 5.56 Å². The summed E-state index contributed by atoms with van der Waals surface area (Å²) in [5.41, 5.74) is 6.15. The van der Waals surface area contributed by atoms with Crippen molar-refractivity contribution in [3.05, 3.63) is 34.3 Å². The van der Waals surface area contributed by atoms with Crippen molar-refractivity contribution in [1.29, 1.82) is 0 Å². The molecular formula is C9H12BrClFN. The first-order valence-electron chi connectivity index (χ1n) is 3.81. The van der Waals surface area contributed by atoms with Crippen LogP contribution in [0.15, 0.2) is 28.7 Å². The highest BCUT2D eigenvalue weighted by atomic mass is 79.9. The van der Waals surface area contributed by atoms with E-state index in [1.807, 2.05) is 24.3 Å². The molecule has 4 heteroatoms. The van der Waals surface area contributed by atoms with Crippen LogP contribution in [-0.4, -0.2) is 12.7 Å². The van der Waals surface area contributed by atoms with Crippen molar-refractivity contribution in [3.63, 3.8) is 0 Å². The number of halogens is 3. The number of hydrogen-bond donors (Lipinski definition) is 1. The Balaban J connectivity index is 0.00000144. The van der Waals surface area contributed by atoms with Gasteiger partial charge < -0.3 is 5.73 Å². The van der Waals surface area contributed by atoms with Crippen LogP contribution in [0.4, 0.5) is 4.39 Å². The molecule has 0 aliphatic carbocycles. The van der Waals surface area contributed by atoms with E-state index in [0.717, 1.165) is 10.0 Å². The Bertz CT molecular complexity index is 257. The highest BCUT2D eigenvalue weighted by Gasteiger charge is 2.06. The van der Waals surface area contributed by atoms with Crippen molar-refractivity contribution >= 4 is 28.3 Å². The largest absolute Gasteiger partial charge is 0.328 e. The van der Waals surface area contributed by atoms with Gasteiger partial charge >= 0.3 is 0 Å². The summed E-state index contributed by atoms with van der Waals surface area (Å²) in [4.78, 5) is 0. The van der Waals surface area contributed by atoms with E-state index >= 15 is 0 Å². The van der Waals surface area contributed by atoms with Crippen LogP contribution in [0, 0.1) is 0 Å². The van der Waals surface area contributed by atoms with Crippen LogP contribution in [-0.2, 0) is 6.42 Å². The molecule has 1 rings (SSSR count). The van der Waals surface area contributed by atoms with Crippen molar-refractivity contribution in [2.45, 2.75) is 12.6 Å². The molecule has 0 fully saturated rings. The van der Waals surface area contributed by atoms with Gasteiger partial charge in [-0.05, 0) is 11.6 Å². The van der Waals surface area contributed by atoms with Gasteiger partial charge in [0, 0.05) is 17.4 Å². The molecule has 0 aromatic heterocycles. The van der Waals surface area contributed by atoms with Gasteiger partial charge in [0.2, 0.25) is 0 Å². The Morgan fingerprint density at radius 1 is 1.38 bits per heavy atom. The molecule has 1 unspecified atom stereocenters. The second-order valence-corrected chi connectivity index (χ2v) is 3.48. The predicted molar refractivity (Wildman–Crippen MR) is 59.0 cm³/mol. The Kier molecular flexibility index (Phi) is 6.29. The Hall–Kier alpha value is -0.120. The summed E-state index contributed by atoms with van der Waals surface area (Å²) < 4.78 is 13.8. The zero-order valence-electron chi connectivity index (χ0n) is 7.04. The summed E-state index contributed by atoms with van der Waals surface area (Å²) in [7, 11) is 0.